The quantitative estimate of drug-likeness (QED) is 0.376. The zero-order valence-electron chi connectivity index (χ0n) is 14.6. The van der Waals surface area contributed by atoms with Crippen LogP contribution in [0.5, 0.6) is 5.75 Å². The van der Waals surface area contributed by atoms with Crippen molar-refractivity contribution in [2.75, 3.05) is 0 Å². The van der Waals surface area contributed by atoms with Crippen molar-refractivity contribution in [3.8, 4) is 5.75 Å². The first-order valence-corrected chi connectivity index (χ1v) is 9.26. The molecular formula is C20H16BrClO5. The van der Waals surface area contributed by atoms with Crippen LogP contribution in [0.2, 0.25) is 5.02 Å². The molecule has 1 aliphatic rings. The van der Waals surface area contributed by atoms with Gasteiger partial charge in [0, 0.05) is 34.5 Å². The van der Waals surface area contributed by atoms with Gasteiger partial charge in [-0.3, -0.25) is 0 Å². The van der Waals surface area contributed by atoms with Crippen LogP contribution >= 0.6 is 27.5 Å². The summed E-state index contributed by atoms with van der Waals surface area (Å²) in [5.74, 6) is -2.29. The molecule has 5 nitrogen and oxygen atoms in total. The smallest absolute Gasteiger partial charge is 0.348 e. The van der Waals surface area contributed by atoms with Gasteiger partial charge in [-0.25, -0.2) is 9.59 Å². The fraction of sp³-hybridized carbons (Fsp3) is 0.200. The zero-order valence-corrected chi connectivity index (χ0v) is 17.0. The summed E-state index contributed by atoms with van der Waals surface area (Å²) in [6, 6.07) is 12.6. The molecule has 1 fully saturated rings. The Labute approximate surface area is 170 Å². The molecule has 1 aliphatic heterocycles. The Balaban J connectivity index is 1.89. The summed E-state index contributed by atoms with van der Waals surface area (Å²) < 4.78 is 16.9. The number of benzene rings is 2. The van der Waals surface area contributed by atoms with Gasteiger partial charge in [-0.15, -0.1) is 0 Å². The summed E-state index contributed by atoms with van der Waals surface area (Å²) in [5.41, 5.74) is 1.15. The number of esters is 2. The van der Waals surface area contributed by atoms with Gasteiger partial charge in [0.05, 0.1) is 0 Å². The summed E-state index contributed by atoms with van der Waals surface area (Å²) in [7, 11) is 0. The second-order valence-electron chi connectivity index (χ2n) is 6.30. The van der Waals surface area contributed by atoms with Gasteiger partial charge < -0.3 is 14.2 Å². The minimum Gasteiger partial charge on any atom is -0.488 e. The van der Waals surface area contributed by atoms with E-state index in [1.807, 2.05) is 18.2 Å². The largest absolute Gasteiger partial charge is 0.488 e. The molecule has 0 atom stereocenters. The third-order valence-electron chi connectivity index (χ3n) is 3.73. The van der Waals surface area contributed by atoms with Crippen molar-refractivity contribution in [3.05, 3.63) is 68.7 Å². The van der Waals surface area contributed by atoms with E-state index in [1.165, 1.54) is 19.9 Å². The lowest BCUT2D eigenvalue weighted by molar-refractivity contribution is -0.222. The number of hydrogen-bond acceptors (Lipinski definition) is 5. The summed E-state index contributed by atoms with van der Waals surface area (Å²) in [4.78, 5) is 24.4. The van der Waals surface area contributed by atoms with E-state index in [0.717, 1.165) is 10.0 Å². The summed E-state index contributed by atoms with van der Waals surface area (Å²) in [6.07, 6.45) is 1.40. The van der Waals surface area contributed by atoms with Crippen molar-refractivity contribution in [1.29, 1.82) is 0 Å². The van der Waals surface area contributed by atoms with Gasteiger partial charge >= 0.3 is 11.9 Å². The molecule has 7 heteroatoms. The molecule has 27 heavy (non-hydrogen) atoms. The molecule has 0 spiro atoms. The Morgan fingerprint density at radius 1 is 1.11 bits per heavy atom. The van der Waals surface area contributed by atoms with Crippen LogP contribution in [0.3, 0.4) is 0 Å². The van der Waals surface area contributed by atoms with Crippen molar-refractivity contribution in [2.45, 2.75) is 26.2 Å². The molecule has 0 aromatic heterocycles. The Hall–Kier alpha value is -2.31. The Bertz CT molecular complexity index is 914. The number of carbonyl (C=O) groups is 2. The van der Waals surface area contributed by atoms with Crippen LogP contribution in [-0.2, 0) is 25.7 Å². The standard InChI is InChI=1S/C20H16BrClO5/c1-20(2)26-18(23)15(19(24)27-20)10-13-9-14(21)7-8-17(13)25-11-12-5-3-4-6-16(12)22/h3-10H,11H2,1-2H3. The Morgan fingerprint density at radius 3 is 2.44 bits per heavy atom. The fourth-order valence-electron chi connectivity index (χ4n) is 2.47. The third kappa shape index (κ3) is 4.70. The summed E-state index contributed by atoms with van der Waals surface area (Å²) in [6.45, 7) is 3.23. The van der Waals surface area contributed by atoms with Crippen LogP contribution in [-0.4, -0.2) is 17.7 Å². The monoisotopic (exact) mass is 450 g/mol. The van der Waals surface area contributed by atoms with Gasteiger partial charge in [0.2, 0.25) is 0 Å². The van der Waals surface area contributed by atoms with E-state index in [-0.39, 0.29) is 12.2 Å². The second kappa shape index (κ2) is 7.74. The molecule has 1 saturated heterocycles. The number of cyclic esters (lactones) is 2. The van der Waals surface area contributed by atoms with Crippen LogP contribution in [0, 0.1) is 0 Å². The van der Waals surface area contributed by atoms with Gasteiger partial charge in [0.1, 0.15) is 17.9 Å². The number of rotatable bonds is 4. The molecule has 0 bridgehead atoms. The van der Waals surface area contributed by atoms with E-state index in [0.29, 0.717) is 16.3 Å². The van der Waals surface area contributed by atoms with Crippen LogP contribution in [0.25, 0.3) is 6.08 Å². The summed E-state index contributed by atoms with van der Waals surface area (Å²) >= 11 is 9.53. The van der Waals surface area contributed by atoms with Gasteiger partial charge in [-0.1, -0.05) is 45.7 Å². The average Bonchev–Trinajstić information content (AvgIpc) is 2.58. The SMILES string of the molecule is CC1(C)OC(=O)C(=Cc2cc(Br)ccc2OCc2ccccc2Cl)C(=O)O1. The molecule has 0 amide bonds. The van der Waals surface area contributed by atoms with Gasteiger partial charge in [0.15, 0.2) is 0 Å². The first-order valence-electron chi connectivity index (χ1n) is 8.09. The van der Waals surface area contributed by atoms with Crippen molar-refractivity contribution in [2.24, 2.45) is 0 Å². The molecule has 140 valence electrons. The second-order valence-corrected chi connectivity index (χ2v) is 7.62. The van der Waals surface area contributed by atoms with E-state index in [9.17, 15) is 9.59 Å². The molecule has 0 unspecified atom stereocenters. The molecular weight excluding hydrogens is 436 g/mol. The highest BCUT2D eigenvalue weighted by Gasteiger charge is 2.39. The summed E-state index contributed by atoms with van der Waals surface area (Å²) in [5, 5.41) is 0.594. The minimum absolute atomic E-state index is 0.199. The van der Waals surface area contributed by atoms with Gasteiger partial charge in [-0.05, 0) is 30.3 Å². The number of halogens is 2. The van der Waals surface area contributed by atoms with Gasteiger partial charge in [-0.2, -0.15) is 0 Å². The minimum atomic E-state index is -1.29. The maximum Gasteiger partial charge on any atom is 0.348 e. The first-order chi connectivity index (χ1) is 12.7. The molecule has 2 aromatic carbocycles. The highest BCUT2D eigenvalue weighted by atomic mass is 79.9. The molecule has 3 rings (SSSR count). The van der Waals surface area contributed by atoms with Crippen LogP contribution in [0.1, 0.15) is 25.0 Å². The topological polar surface area (TPSA) is 61.8 Å². The van der Waals surface area contributed by atoms with Crippen LogP contribution < -0.4 is 4.74 Å². The molecule has 0 aliphatic carbocycles. The van der Waals surface area contributed by atoms with E-state index >= 15 is 0 Å². The number of ether oxygens (including phenoxy) is 3. The Kier molecular flexibility index (Phi) is 5.58. The molecule has 1 heterocycles. The van der Waals surface area contributed by atoms with Gasteiger partial charge in [0.25, 0.3) is 5.79 Å². The predicted molar refractivity (Wildman–Crippen MR) is 104 cm³/mol. The lowest BCUT2D eigenvalue weighted by atomic mass is 10.1. The van der Waals surface area contributed by atoms with E-state index in [1.54, 1.807) is 24.3 Å². The first kappa shape index (κ1) is 19.5. The predicted octanol–water partition coefficient (Wildman–Crippen LogP) is 4.90. The van der Waals surface area contributed by atoms with Crippen LogP contribution in [0.15, 0.2) is 52.5 Å². The lowest BCUT2D eigenvalue weighted by Gasteiger charge is -2.29. The normalized spacial score (nSPS) is 15.8. The number of carbonyl (C=O) groups excluding carboxylic acids is 2. The lowest BCUT2D eigenvalue weighted by Crippen LogP contribution is -2.41. The van der Waals surface area contributed by atoms with Crippen molar-refractivity contribution < 1.29 is 23.8 Å². The van der Waals surface area contributed by atoms with Crippen molar-refractivity contribution in [1.82, 2.24) is 0 Å². The molecule has 0 saturated carbocycles. The molecule has 2 aromatic rings. The fourth-order valence-corrected chi connectivity index (χ4v) is 3.04. The maximum absolute atomic E-state index is 12.2. The highest BCUT2D eigenvalue weighted by molar-refractivity contribution is 9.10. The maximum atomic E-state index is 12.2. The average molecular weight is 452 g/mol. The third-order valence-corrected chi connectivity index (χ3v) is 4.59. The van der Waals surface area contributed by atoms with Crippen molar-refractivity contribution in [3.63, 3.8) is 0 Å². The molecule has 0 N–H and O–H groups in total. The van der Waals surface area contributed by atoms with Crippen molar-refractivity contribution >= 4 is 45.5 Å². The highest BCUT2D eigenvalue weighted by Crippen LogP contribution is 2.30. The van der Waals surface area contributed by atoms with Crippen LogP contribution in [0.4, 0.5) is 0 Å². The van der Waals surface area contributed by atoms with E-state index in [4.69, 9.17) is 25.8 Å². The van der Waals surface area contributed by atoms with E-state index < -0.39 is 17.7 Å². The molecule has 0 radical (unpaired) electrons. The zero-order chi connectivity index (χ0) is 19.6. The van der Waals surface area contributed by atoms with E-state index in [2.05, 4.69) is 15.9 Å². The Morgan fingerprint density at radius 2 is 1.78 bits per heavy atom. The number of hydrogen-bond donors (Lipinski definition) is 0.